The summed E-state index contributed by atoms with van der Waals surface area (Å²) in [6, 6.07) is 0. The lowest BCUT2D eigenvalue weighted by atomic mass is 9.54. The summed E-state index contributed by atoms with van der Waals surface area (Å²) in [5.74, 6) is 0.368. The van der Waals surface area contributed by atoms with E-state index < -0.39 is 11.7 Å². The maximum Gasteiger partial charge on any atom is 0.133 e. The summed E-state index contributed by atoms with van der Waals surface area (Å²) in [7, 11) is 0. The van der Waals surface area contributed by atoms with Crippen LogP contribution in [-0.4, -0.2) is 27.7 Å². The Kier molecular flexibility index (Phi) is 2.43. The molecule has 86 valence electrons. The molecular formula is C12H20O3. The number of aliphatic hydroxyl groups excluding tert-OH is 1. The molecule has 0 heterocycles. The maximum absolute atomic E-state index is 11.5. The summed E-state index contributed by atoms with van der Waals surface area (Å²) in [5, 5.41) is 20.1. The predicted molar refractivity (Wildman–Crippen MR) is 56.3 cm³/mol. The molecule has 0 aromatic carbocycles. The summed E-state index contributed by atoms with van der Waals surface area (Å²) >= 11 is 0. The van der Waals surface area contributed by atoms with Crippen molar-refractivity contribution in [1.82, 2.24) is 0 Å². The van der Waals surface area contributed by atoms with Gasteiger partial charge in [0.05, 0.1) is 11.7 Å². The van der Waals surface area contributed by atoms with Gasteiger partial charge in [0.1, 0.15) is 5.78 Å². The van der Waals surface area contributed by atoms with Crippen molar-refractivity contribution < 1.29 is 15.0 Å². The van der Waals surface area contributed by atoms with E-state index in [2.05, 4.69) is 6.92 Å². The smallest absolute Gasteiger partial charge is 0.133 e. The van der Waals surface area contributed by atoms with E-state index in [0.717, 1.165) is 12.8 Å². The third-order valence-corrected chi connectivity index (χ3v) is 4.52. The molecule has 2 rings (SSSR count). The van der Waals surface area contributed by atoms with Gasteiger partial charge in [-0.2, -0.15) is 0 Å². The van der Waals surface area contributed by atoms with Crippen molar-refractivity contribution in [3.63, 3.8) is 0 Å². The number of ketones is 1. The second-order valence-electron chi connectivity index (χ2n) is 5.74. The highest BCUT2D eigenvalue weighted by Crippen LogP contribution is 2.53. The lowest BCUT2D eigenvalue weighted by molar-refractivity contribution is -0.180. The van der Waals surface area contributed by atoms with Crippen LogP contribution >= 0.6 is 0 Å². The Labute approximate surface area is 90.5 Å². The topological polar surface area (TPSA) is 57.5 Å². The molecule has 0 amide bonds. The van der Waals surface area contributed by atoms with Crippen LogP contribution < -0.4 is 0 Å². The standard InChI is InChI=1S/C12H20O3/c1-11-6-5-10(14)12(2,15)9(11)4-3-8(13)7-11/h9-10,14-15H,3-7H2,1-2H3/t9-,10+,11-,12-/m1/s1. The Balaban J connectivity index is 2.29. The van der Waals surface area contributed by atoms with Gasteiger partial charge in [0.15, 0.2) is 0 Å². The zero-order valence-electron chi connectivity index (χ0n) is 9.49. The minimum atomic E-state index is -1.02. The van der Waals surface area contributed by atoms with Crippen LogP contribution in [0.5, 0.6) is 0 Å². The van der Waals surface area contributed by atoms with Gasteiger partial charge in [-0.15, -0.1) is 0 Å². The third-order valence-electron chi connectivity index (χ3n) is 4.52. The highest BCUT2D eigenvalue weighted by atomic mass is 16.3. The van der Waals surface area contributed by atoms with E-state index in [4.69, 9.17) is 0 Å². The Hall–Kier alpha value is -0.410. The number of aliphatic hydroxyl groups is 2. The average molecular weight is 212 g/mol. The van der Waals surface area contributed by atoms with E-state index in [1.807, 2.05) is 0 Å². The lowest BCUT2D eigenvalue weighted by Crippen LogP contribution is -2.58. The molecule has 3 nitrogen and oxygen atoms in total. The van der Waals surface area contributed by atoms with Crippen LogP contribution in [0.4, 0.5) is 0 Å². The van der Waals surface area contributed by atoms with E-state index in [-0.39, 0.29) is 11.3 Å². The molecule has 0 saturated heterocycles. The van der Waals surface area contributed by atoms with Gasteiger partial charge >= 0.3 is 0 Å². The molecular weight excluding hydrogens is 192 g/mol. The van der Waals surface area contributed by atoms with Crippen molar-refractivity contribution in [2.75, 3.05) is 0 Å². The Bertz CT molecular complexity index is 285. The van der Waals surface area contributed by atoms with Gasteiger partial charge in [-0.25, -0.2) is 0 Å². The van der Waals surface area contributed by atoms with E-state index >= 15 is 0 Å². The van der Waals surface area contributed by atoms with Crippen molar-refractivity contribution in [3.05, 3.63) is 0 Å². The number of hydrogen-bond acceptors (Lipinski definition) is 3. The monoisotopic (exact) mass is 212 g/mol. The zero-order valence-corrected chi connectivity index (χ0v) is 9.49. The van der Waals surface area contributed by atoms with Gasteiger partial charge in [-0.3, -0.25) is 4.79 Å². The fourth-order valence-electron chi connectivity index (χ4n) is 3.57. The molecule has 0 radical (unpaired) electrons. The molecule has 0 unspecified atom stereocenters. The minimum absolute atomic E-state index is 0.0615. The minimum Gasteiger partial charge on any atom is -0.390 e. The SMILES string of the molecule is C[C@]12CC[C@H](O)[C@](C)(O)[C@@H]1CCC(=O)C2. The fourth-order valence-corrected chi connectivity index (χ4v) is 3.57. The van der Waals surface area contributed by atoms with Crippen LogP contribution in [0, 0.1) is 11.3 Å². The molecule has 0 aliphatic heterocycles. The summed E-state index contributed by atoms with van der Waals surface area (Å²) in [6.07, 6.45) is 2.67. The first-order chi connectivity index (χ1) is 6.86. The van der Waals surface area contributed by atoms with Crippen LogP contribution in [0.15, 0.2) is 0 Å². The molecule has 0 bridgehead atoms. The van der Waals surface area contributed by atoms with E-state index in [9.17, 15) is 15.0 Å². The van der Waals surface area contributed by atoms with Crippen LogP contribution in [0.2, 0.25) is 0 Å². The number of carbonyl (C=O) groups excluding carboxylic acids is 1. The quantitative estimate of drug-likeness (QED) is 0.635. The fraction of sp³-hybridized carbons (Fsp3) is 0.917. The molecule has 2 aliphatic rings. The van der Waals surface area contributed by atoms with Crippen LogP contribution in [0.1, 0.15) is 46.0 Å². The first-order valence-electron chi connectivity index (χ1n) is 5.78. The molecule has 2 saturated carbocycles. The normalized spacial score (nSPS) is 51.3. The molecule has 4 atom stereocenters. The molecule has 15 heavy (non-hydrogen) atoms. The van der Waals surface area contributed by atoms with E-state index in [1.54, 1.807) is 6.92 Å². The number of rotatable bonds is 0. The Morgan fingerprint density at radius 1 is 1.33 bits per heavy atom. The molecule has 3 heteroatoms. The second kappa shape index (κ2) is 3.29. The Morgan fingerprint density at radius 2 is 2.00 bits per heavy atom. The van der Waals surface area contributed by atoms with Gasteiger partial charge in [-0.05, 0) is 37.5 Å². The number of carbonyl (C=O) groups is 1. The molecule has 0 aromatic heterocycles. The second-order valence-corrected chi connectivity index (χ2v) is 5.74. The highest BCUT2D eigenvalue weighted by molar-refractivity contribution is 5.80. The third kappa shape index (κ3) is 1.62. The molecule has 2 aliphatic carbocycles. The Morgan fingerprint density at radius 3 is 2.67 bits per heavy atom. The first-order valence-corrected chi connectivity index (χ1v) is 5.78. The zero-order chi connectivity index (χ0) is 11.3. The first kappa shape index (κ1) is 11.1. The van der Waals surface area contributed by atoms with Gasteiger partial charge in [-0.1, -0.05) is 6.92 Å². The van der Waals surface area contributed by atoms with Crippen molar-refractivity contribution >= 4 is 5.78 Å². The number of hydrogen-bond donors (Lipinski definition) is 2. The summed E-state index contributed by atoms with van der Waals surface area (Å²) in [5.41, 5.74) is -1.12. The predicted octanol–water partition coefficient (Wildman–Crippen LogP) is 1.27. The summed E-state index contributed by atoms with van der Waals surface area (Å²) in [6.45, 7) is 3.80. The summed E-state index contributed by atoms with van der Waals surface area (Å²) in [4.78, 5) is 11.5. The largest absolute Gasteiger partial charge is 0.390 e. The average Bonchev–Trinajstić information content (AvgIpc) is 2.11. The van der Waals surface area contributed by atoms with Crippen molar-refractivity contribution in [2.24, 2.45) is 11.3 Å². The van der Waals surface area contributed by atoms with Crippen LogP contribution in [0.25, 0.3) is 0 Å². The molecule has 0 aromatic rings. The van der Waals surface area contributed by atoms with E-state index in [1.165, 1.54) is 0 Å². The maximum atomic E-state index is 11.5. The van der Waals surface area contributed by atoms with Crippen molar-refractivity contribution in [1.29, 1.82) is 0 Å². The molecule has 2 fully saturated rings. The summed E-state index contributed by atoms with van der Waals surface area (Å²) < 4.78 is 0. The van der Waals surface area contributed by atoms with Gasteiger partial charge in [0, 0.05) is 12.8 Å². The van der Waals surface area contributed by atoms with Gasteiger partial charge in [0.2, 0.25) is 0 Å². The number of Topliss-reactive ketones (excluding diaryl/α,β-unsaturated/α-hetero) is 1. The van der Waals surface area contributed by atoms with Gasteiger partial charge in [0.25, 0.3) is 0 Å². The van der Waals surface area contributed by atoms with Gasteiger partial charge < -0.3 is 10.2 Å². The molecule has 2 N–H and O–H groups in total. The molecule has 0 spiro atoms. The van der Waals surface area contributed by atoms with Crippen molar-refractivity contribution in [2.45, 2.75) is 57.7 Å². The number of fused-ring (bicyclic) bond motifs is 1. The lowest BCUT2D eigenvalue weighted by Gasteiger charge is -2.53. The van der Waals surface area contributed by atoms with E-state index in [0.29, 0.717) is 25.0 Å². The highest BCUT2D eigenvalue weighted by Gasteiger charge is 2.54. The van der Waals surface area contributed by atoms with Crippen LogP contribution in [0.3, 0.4) is 0 Å². The van der Waals surface area contributed by atoms with Crippen LogP contribution in [-0.2, 0) is 4.79 Å². The van der Waals surface area contributed by atoms with Crippen molar-refractivity contribution in [3.8, 4) is 0 Å².